The molecule has 2 heterocycles. The molecular weight excluding hydrogens is 298 g/mol. The van der Waals surface area contributed by atoms with E-state index in [9.17, 15) is 25.2 Å². The van der Waals surface area contributed by atoms with Gasteiger partial charge in [0.25, 0.3) is 0 Å². The molecular formula is C13H23NO8. The van der Waals surface area contributed by atoms with Gasteiger partial charge in [0.1, 0.15) is 24.4 Å². The number of aliphatic hydroxyl groups excluding tert-OH is 5. The minimum atomic E-state index is -1.52. The summed E-state index contributed by atoms with van der Waals surface area (Å²) in [5.41, 5.74) is 0. The third-order valence-corrected chi connectivity index (χ3v) is 4.32. The maximum absolute atomic E-state index is 11.1. The van der Waals surface area contributed by atoms with E-state index in [2.05, 4.69) is 0 Å². The molecule has 0 bridgehead atoms. The van der Waals surface area contributed by atoms with E-state index >= 15 is 0 Å². The van der Waals surface area contributed by atoms with Crippen molar-refractivity contribution in [2.45, 2.75) is 62.2 Å². The van der Waals surface area contributed by atoms with E-state index in [0.29, 0.717) is 12.8 Å². The molecule has 2 aliphatic heterocycles. The quantitative estimate of drug-likeness (QED) is 0.333. The Hall–Kier alpha value is -0.810. The van der Waals surface area contributed by atoms with E-state index in [1.54, 1.807) is 6.92 Å². The molecule has 0 aromatic rings. The summed E-state index contributed by atoms with van der Waals surface area (Å²) in [6, 6.07) is -0.712. The molecule has 128 valence electrons. The highest BCUT2D eigenvalue weighted by Crippen LogP contribution is 2.26. The Morgan fingerprint density at radius 1 is 1.23 bits per heavy atom. The number of rotatable bonds is 5. The smallest absolute Gasteiger partial charge is 0.210 e. The van der Waals surface area contributed by atoms with Gasteiger partial charge in [-0.1, -0.05) is 0 Å². The van der Waals surface area contributed by atoms with Gasteiger partial charge in [-0.15, -0.1) is 0 Å². The maximum atomic E-state index is 11.1. The van der Waals surface area contributed by atoms with Crippen molar-refractivity contribution in [1.29, 1.82) is 0 Å². The Morgan fingerprint density at radius 2 is 1.91 bits per heavy atom. The van der Waals surface area contributed by atoms with Gasteiger partial charge >= 0.3 is 0 Å². The van der Waals surface area contributed by atoms with Crippen LogP contribution >= 0.6 is 0 Å². The van der Waals surface area contributed by atoms with Crippen LogP contribution in [0.2, 0.25) is 0 Å². The molecule has 8 atom stereocenters. The summed E-state index contributed by atoms with van der Waals surface area (Å²) in [6.45, 7) is 1.15. The zero-order valence-electron chi connectivity index (χ0n) is 12.2. The van der Waals surface area contributed by atoms with Crippen LogP contribution in [0, 0.1) is 0 Å². The van der Waals surface area contributed by atoms with E-state index in [4.69, 9.17) is 14.6 Å². The van der Waals surface area contributed by atoms with Crippen molar-refractivity contribution in [3.63, 3.8) is 0 Å². The van der Waals surface area contributed by atoms with Gasteiger partial charge in [-0.2, -0.15) is 0 Å². The van der Waals surface area contributed by atoms with Crippen LogP contribution in [-0.4, -0.2) is 98.9 Å². The zero-order chi connectivity index (χ0) is 16.4. The third kappa shape index (κ3) is 3.25. The fourth-order valence-electron chi connectivity index (χ4n) is 2.93. The molecule has 2 rings (SSSR count). The molecule has 0 aromatic carbocycles. The van der Waals surface area contributed by atoms with Crippen molar-refractivity contribution < 1.29 is 39.8 Å². The van der Waals surface area contributed by atoms with Crippen LogP contribution in [-0.2, 0) is 14.3 Å². The molecule has 0 radical (unpaired) electrons. The van der Waals surface area contributed by atoms with Gasteiger partial charge in [0.15, 0.2) is 6.29 Å². The standard InChI is InChI=1S/C13H23NO8/c1-6-2-8(17)7(14(6)5-16)4-21-13-12(20)11(19)10(18)9(3-15)22-13/h5-13,15,17-20H,2-4H2,1H3. The molecule has 2 saturated heterocycles. The third-order valence-electron chi connectivity index (χ3n) is 4.32. The van der Waals surface area contributed by atoms with Crippen LogP contribution in [0.3, 0.4) is 0 Å². The lowest BCUT2D eigenvalue weighted by atomic mass is 9.99. The molecule has 9 heteroatoms. The molecule has 0 saturated carbocycles. The molecule has 0 aliphatic carbocycles. The molecule has 22 heavy (non-hydrogen) atoms. The Bertz CT molecular complexity index is 381. The Morgan fingerprint density at radius 3 is 2.50 bits per heavy atom. The lowest BCUT2D eigenvalue weighted by Crippen LogP contribution is -2.59. The number of carbonyl (C=O) groups is 1. The van der Waals surface area contributed by atoms with Crippen LogP contribution in [0.5, 0.6) is 0 Å². The summed E-state index contributed by atoms with van der Waals surface area (Å²) in [5.74, 6) is 0. The molecule has 9 nitrogen and oxygen atoms in total. The summed E-state index contributed by atoms with van der Waals surface area (Å²) < 4.78 is 10.6. The lowest BCUT2D eigenvalue weighted by molar-refractivity contribution is -0.303. The first kappa shape index (κ1) is 17.5. The predicted octanol–water partition coefficient (Wildman–Crippen LogP) is -3.22. The lowest BCUT2D eigenvalue weighted by Gasteiger charge is -2.40. The summed E-state index contributed by atoms with van der Waals surface area (Å²) in [7, 11) is 0. The number of likely N-dealkylation sites (tertiary alicyclic amines) is 1. The molecule has 2 fully saturated rings. The number of carbonyl (C=O) groups excluding carboxylic acids is 1. The molecule has 1 amide bonds. The summed E-state index contributed by atoms with van der Waals surface area (Å²) in [5, 5.41) is 48.2. The number of ether oxygens (including phenoxy) is 2. The first-order chi connectivity index (χ1) is 10.4. The van der Waals surface area contributed by atoms with Crippen molar-refractivity contribution in [1.82, 2.24) is 4.90 Å². The van der Waals surface area contributed by atoms with Gasteiger partial charge in [-0.3, -0.25) is 4.79 Å². The minimum absolute atomic E-state index is 0.104. The van der Waals surface area contributed by atoms with Crippen molar-refractivity contribution in [3.05, 3.63) is 0 Å². The monoisotopic (exact) mass is 321 g/mol. The largest absolute Gasteiger partial charge is 0.394 e. The topological polar surface area (TPSA) is 140 Å². The number of nitrogens with zero attached hydrogens (tertiary/aromatic N) is 1. The Kier molecular flexibility index (Phi) is 5.72. The van der Waals surface area contributed by atoms with E-state index in [-0.39, 0.29) is 12.6 Å². The number of hydrogen-bond acceptors (Lipinski definition) is 8. The predicted molar refractivity (Wildman–Crippen MR) is 71.5 cm³/mol. The highest BCUT2D eigenvalue weighted by Gasteiger charge is 2.45. The number of hydrogen-bond donors (Lipinski definition) is 5. The van der Waals surface area contributed by atoms with Crippen LogP contribution < -0.4 is 0 Å². The highest BCUT2D eigenvalue weighted by atomic mass is 16.7. The molecule has 0 aromatic heterocycles. The first-order valence-electron chi connectivity index (χ1n) is 7.23. The van der Waals surface area contributed by atoms with Crippen molar-refractivity contribution in [2.75, 3.05) is 13.2 Å². The van der Waals surface area contributed by atoms with E-state index < -0.39 is 49.5 Å². The van der Waals surface area contributed by atoms with Crippen molar-refractivity contribution in [3.8, 4) is 0 Å². The maximum Gasteiger partial charge on any atom is 0.210 e. The normalized spacial score (nSPS) is 46.0. The van der Waals surface area contributed by atoms with Crippen LogP contribution in [0.25, 0.3) is 0 Å². The van der Waals surface area contributed by atoms with Gasteiger partial charge in [0, 0.05) is 6.04 Å². The molecule has 8 unspecified atom stereocenters. The Labute approximate surface area is 127 Å². The van der Waals surface area contributed by atoms with E-state index in [1.165, 1.54) is 4.90 Å². The van der Waals surface area contributed by atoms with E-state index in [1.807, 2.05) is 0 Å². The minimum Gasteiger partial charge on any atom is -0.394 e. The van der Waals surface area contributed by atoms with Gasteiger partial charge in [-0.25, -0.2) is 0 Å². The van der Waals surface area contributed by atoms with Crippen LogP contribution in [0.15, 0.2) is 0 Å². The highest BCUT2D eigenvalue weighted by molar-refractivity contribution is 5.49. The summed E-state index contributed by atoms with van der Waals surface area (Å²) in [6.07, 6.45) is -6.52. The van der Waals surface area contributed by atoms with Crippen LogP contribution in [0.4, 0.5) is 0 Å². The molecule has 0 spiro atoms. The number of amides is 1. The second-order valence-electron chi connectivity index (χ2n) is 5.80. The molecule has 5 N–H and O–H groups in total. The average Bonchev–Trinajstić information content (AvgIpc) is 2.77. The fraction of sp³-hybridized carbons (Fsp3) is 0.923. The van der Waals surface area contributed by atoms with Gasteiger partial charge in [0.05, 0.1) is 25.4 Å². The zero-order valence-corrected chi connectivity index (χ0v) is 12.2. The summed E-state index contributed by atoms with van der Waals surface area (Å²) in [4.78, 5) is 12.5. The Balaban J connectivity index is 1.96. The SMILES string of the molecule is CC1CC(O)C(COC2OC(CO)C(O)C(O)C2O)N1C=O. The molecule has 2 aliphatic rings. The van der Waals surface area contributed by atoms with Crippen LogP contribution in [0.1, 0.15) is 13.3 Å². The van der Waals surface area contributed by atoms with E-state index in [0.717, 1.165) is 0 Å². The summed E-state index contributed by atoms with van der Waals surface area (Å²) >= 11 is 0. The van der Waals surface area contributed by atoms with Gasteiger partial charge in [-0.05, 0) is 13.3 Å². The van der Waals surface area contributed by atoms with Gasteiger partial charge in [0.2, 0.25) is 6.41 Å². The first-order valence-corrected chi connectivity index (χ1v) is 7.23. The van der Waals surface area contributed by atoms with Gasteiger partial charge < -0.3 is 39.9 Å². The van der Waals surface area contributed by atoms with Crippen molar-refractivity contribution in [2.24, 2.45) is 0 Å². The number of aliphatic hydroxyl groups is 5. The second kappa shape index (κ2) is 7.18. The fourth-order valence-corrected chi connectivity index (χ4v) is 2.93. The van der Waals surface area contributed by atoms with Crippen molar-refractivity contribution >= 4 is 6.41 Å². The second-order valence-corrected chi connectivity index (χ2v) is 5.80. The average molecular weight is 321 g/mol.